The van der Waals surface area contributed by atoms with Crippen LogP contribution in [0.1, 0.15) is 47.8 Å². The summed E-state index contributed by atoms with van der Waals surface area (Å²) in [6.07, 6.45) is 3.88. The highest BCUT2D eigenvalue weighted by Gasteiger charge is 2.25. The minimum absolute atomic E-state index is 0.0250. The van der Waals surface area contributed by atoms with Gasteiger partial charge < -0.3 is 14.8 Å². The highest BCUT2D eigenvalue weighted by Crippen LogP contribution is 2.24. The Morgan fingerprint density at radius 1 is 1.04 bits per heavy atom. The third-order valence-electron chi connectivity index (χ3n) is 5.31. The SMILES string of the molecule is Cc1cc(C(C)(C)C)ccc1CC(=O)N1CCN(C(=O)c2cc[nH]c2)CC1. The lowest BCUT2D eigenvalue weighted by Crippen LogP contribution is -2.51. The number of aromatic nitrogens is 1. The number of hydrogen-bond acceptors (Lipinski definition) is 2. The van der Waals surface area contributed by atoms with Crippen molar-refractivity contribution in [2.24, 2.45) is 0 Å². The standard InChI is InChI=1S/C22H29N3O2/c1-16-13-19(22(2,3)4)6-5-17(16)14-20(26)24-9-11-25(12-10-24)21(27)18-7-8-23-15-18/h5-8,13,15,23H,9-12,14H2,1-4H3. The summed E-state index contributed by atoms with van der Waals surface area (Å²) in [5, 5.41) is 0. The van der Waals surface area contributed by atoms with Crippen LogP contribution in [0, 0.1) is 6.92 Å². The van der Waals surface area contributed by atoms with Gasteiger partial charge in [-0.1, -0.05) is 39.0 Å². The molecule has 1 aliphatic heterocycles. The van der Waals surface area contributed by atoms with Crippen molar-refractivity contribution in [1.82, 2.24) is 14.8 Å². The number of rotatable bonds is 3. The molecule has 2 aromatic rings. The Morgan fingerprint density at radius 2 is 1.70 bits per heavy atom. The molecule has 1 aliphatic rings. The van der Waals surface area contributed by atoms with Crippen LogP contribution in [-0.2, 0) is 16.6 Å². The predicted octanol–water partition coefficient (Wildman–Crippen LogP) is 3.15. The number of amides is 2. The van der Waals surface area contributed by atoms with Gasteiger partial charge in [-0.3, -0.25) is 9.59 Å². The maximum Gasteiger partial charge on any atom is 0.255 e. The third-order valence-corrected chi connectivity index (χ3v) is 5.31. The highest BCUT2D eigenvalue weighted by molar-refractivity contribution is 5.94. The Balaban J connectivity index is 1.58. The number of hydrogen-bond donors (Lipinski definition) is 1. The van der Waals surface area contributed by atoms with E-state index < -0.39 is 0 Å². The van der Waals surface area contributed by atoms with E-state index in [9.17, 15) is 9.59 Å². The molecule has 1 saturated heterocycles. The second-order valence-electron chi connectivity index (χ2n) is 8.34. The summed E-state index contributed by atoms with van der Waals surface area (Å²) in [7, 11) is 0. The summed E-state index contributed by atoms with van der Waals surface area (Å²) in [6, 6.07) is 8.18. The zero-order valence-electron chi connectivity index (χ0n) is 16.7. The van der Waals surface area contributed by atoms with Crippen LogP contribution in [0.15, 0.2) is 36.7 Å². The normalized spacial score (nSPS) is 15.1. The van der Waals surface area contributed by atoms with Gasteiger partial charge in [-0.25, -0.2) is 0 Å². The number of piperazine rings is 1. The molecule has 2 heterocycles. The Morgan fingerprint density at radius 3 is 2.26 bits per heavy atom. The third kappa shape index (κ3) is 4.41. The molecule has 3 rings (SSSR count). The van der Waals surface area contributed by atoms with Gasteiger partial charge in [0.05, 0.1) is 12.0 Å². The second kappa shape index (κ2) is 7.59. The molecule has 0 unspecified atom stereocenters. The van der Waals surface area contributed by atoms with Gasteiger partial charge in [-0.2, -0.15) is 0 Å². The fraction of sp³-hybridized carbons (Fsp3) is 0.455. The van der Waals surface area contributed by atoms with E-state index in [-0.39, 0.29) is 17.2 Å². The van der Waals surface area contributed by atoms with Crippen molar-refractivity contribution in [1.29, 1.82) is 0 Å². The van der Waals surface area contributed by atoms with Gasteiger partial charge in [0.2, 0.25) is 5.91 Å². The van der Waals surface area contributed by atoms with E-state index in [1.807, 2.05) is 9.80 Å². The number of H-pyrrole nitrogens is 1. The van der Waals surface area contributed by atoms with Crippen LogP contribution >= 0.6 is 0 Å². The van der Waals surface area contributed by atoms with Gasteiger partial charge in [0.25, 0.3) is 5.91 Å². The quantitative estimate of drug-likeness (QED) is 0.906. The molecule has 0 atom stereocenters. The number of aromatic amines is 1. The predicted molar refractivity (Wildman–Crippen MR) is 107 cm³/mol. The molecule has 0 spiro atoms. The largest absolute Gasteiger partial charge is 0.367 e. The molecular formula is C22H29N3O2. The van der Waals surface area contributed by atoms with Crippen LogP contribution in [0.25, 0.3) is 0 Å². The highest BCUT2D eigenvalue weighted by atomic mass is 16.2. The minimum Gasteiger partial charge on any atom is -0.367 e. The Bertz CT molecular complexity index is 811. The number of carbonyl (C=O) groups is 2. The summed E-state index contributed by atoms with van der Waals surface area (Å²) >= 11 is 0. The Labute approximate surface area is 161 Å². The van der Waals surface area contributed by atoms with E-state index in [1.165, 1.54) is 5.56 Å². The van der Waals surface area contributed by atoms with Crippen LogP contribution in [0.2, 0.25) is 0 Å². The number of nitrogens with one attached hydrogen (secondary N) is 1. The van der Waals surface area contributed by atoms with Crippen molar-refractivity contribution in [3.8, 4) is 0 Å². The molecule has 1 aromatic carbocycles. The molecule has 2 amide bonds. The van der Waals surface area contributed by atoms with Crippen molar-refractivity contribution in [3.05, 3.63) is 58.9 Å². The first-order valence-electron chi connectivity index (χ1n) is 9.55. The zero-order chi connectivity index (χ0) is 19.6. The van der Waals surface area contributed by atoms with Crippen LogP contribution in [0.3, 0.4) is 0 Å². The van der Waals surface area contributed by atoms with E-state index >= 15 is 0 Å². The summed E-state index contributed by atoms with van der Waals surface area (Å²) in [5.74, 6) is 0.160. The van der Waals surface area contributed by atoms with Gasteiger partial charge in [-0.15, -0.1) is 0 Å². The van der Waals surface area contributed by atoms with E-state index in [0.717, 1.165) is 11.1 Å². The van der Waals surface area contributed by atoms with Gasteiger partial charge >= 0.3 is 0 Å². The monoisotopic (exact) mass is 367 g/mol. The zero-order valence-corrected chi connectivity index (χ0v) is 16.7. The topological polar surface area (TPSA) is 56.4 Å². The van der Waals surface area contributed by atoms with Gasteiger partial charge in [0, 0.05) is 38.6 Å². The molecule has 5 heteroatoms. The second-order valence-corrected chi connectivity index (χ2v) is 8.34. The van der Waals surface area contributed by atoms with Crippen molar-refractivity contribution < 1.29 is 9.59 Å². The first-order valence-corrected chi connectivity index (χ1v) is 9.55. The van der Waals surface area contributed by atoms with Gasteiger partial charge in [-0.05, 0) is 35.1 Å². The molecule has 1 fully saturated rings. The van der Waals surface area contributed by atoms with E-state index in [1.54, 1.807) is 18.5 Å². The number of nitrogens with zero attached hydrogens (tertiary/aromatic N) is 2. The van der Waals surface area contributed by atoms with E-state index in [4.69, 9.17) is 0 Å². The Hall–Kier alpha value is -2.56. The van der Waals surface area contributed by atoms with Gasteiger partial charge in [0.15, 0.2) is 0 Å². The van der Waals surface area contributed by atoms with Crippen LogP contribution in [0.4, 0.5) is 0 Å². The molecule has 1 N–H and O–H groups in total. The fourth-order valence-corrected chi connectivity index (χ4v) is 3.43. The first kappa shape index (κ1) is 19.2. The maximum absolute atomic E-state index is 12.7. The molecule has 5 nitrogen and oxygen atoms in total. The molecule has 27 heavy (non-hydrogen) atoms. The molecule has 0 saturated carbocycles. The fourth-order valence-electron chi connectivity index (χ4n) is 3.43. The van der Waals surface area contributed by atoms with Crippen molar-refractivity contribution >= 4 is 11.8 Å². The maximum atomic E-state index is 12.7. The molecule has 144 valence electrons. The lowest BCUT2D eigenvalue weighted by molar-refractivity contribution is -0.131. The van der Waals surface area contributed by atoms with Crippen molar-refractivity contribution in [2.75, 3.05) is 26.2 Å². The summed E-state index contributed by atoms with van der Waals surface area (Å²) in [6.45, 7) is 11.0. The Kier molecular flexibility index (Phi) is 5.40. The lowest BCUT2D eigenvalue weighted by atomic mass is 9.85. The number of aryl methyl sites for hydroxylation is 1. The molecule has 1 aromatic heterocycles. The van der Waals surface area contributed by atoms with Crippen LogP contribution in [-0.4, -0.2) is 52.8 Å². The average Bonchev–Trinajstić information content (AvgIpc) is 3.16. The van der Waals surface area contributed by atoms with Gasteiger partial charge in [0.1, 0.15) is 0 Å². The molecule has 0 aliphatic carbocycles. The molecule has 0 radical (unpaired) electrons. The van der Waals surface area contributed by atoms with Crippen LogP contribution in [0.5, 0.6) is 0 Å². The van der Waals surface area contributed by atoms with E-state index in [0.29, 0.717) is 38.2 Å². The van der Waals surface area contributed by atoms with Crippen molar-refractivity contribution in [3.63, 3.8) is 0 Å². The first-order chi connectivity index (χ1) is 12.8. The smallest absolute Gasteiger partial charge is 0.255 e. The number of benzene rings is 1. The van der Waals surface area contributed by atoms with Crippen LogP contribution < -0.4 is 0 Å². The summed E-state index contributed by atoms with van der Waals surface area (Å²) in [4.78, 5) is 31.7. The number of carbonyl (C=O) groups excluding carboxylic acids is 2. The van der Waals surface area contributed by atoms with Crippen molar-refractivity contribution in [2.45, 2.75) is 39.5 Å². The molecule has 0 bridgehead atoms. The lowest BCUT2D eigenvalue weighted by Gasteiger charge is -2.35. The molecular weight excluding hydrogens is 338 g/mol. The van der Waals surface area contributed by atoms with E-state index in [2.05, 4.69) is 50.9 Å². The summed E-state index contributed by atoms with van der Waals surface area (Å²) < 4.78 is 0. The average molecular weight is 367 g/mol. The summed E-state index contributed by atoms with van der Waals surface area (Å²) in [5.41, 5.74) is 4.31. The minimum atomic E-state index is 0.0250.